The van der Waals surface area contributed by atoms with Gasteiger partial charge in [0.2, 0.25) is 0 Å². The zero-order valence-electron chi connectivity index (χ0n) is 12.4. The minimum absolute atomic E-state index is 0.247. The molecular formula is C16H25NO2. The lowest BCUT2D eigenvalue weighted by Crippen LogP contribution is -2.23. The second-order valence-corrected chi connectivity index (χ2v) is 5.03. The van der Waals surface area contributed by atoms with Gasteiger partial charge in [-0.1, -0.05) is 27.2 Å². The number of carbonyl (C=O) groups is 1. The molecule has 0 radical (unpaired) electrons. The predicted octanol–water partition coefficient (Wildman–Crippen LogP) is 4.10. The molecule has 1 aromatic rings. The maximum absolute atomic E-state index is 11.6. The van der Waals surface area contributed by atoms with Gasteiger partial charge < -0.3 is 10.1 Å². The fraction of sp³-hybridized carbons (Fsp3) is 0.562. The molecule has 0 spiro atoms. The maximum Gasteiger partial charge on any atom is 0.338 e. The Morgan fingerprint density at radius 1 is 1.21 bits per heavy atom. The molecular weight excluding hydrogens is 238 g/mol. The number of carbonyl (C=O) groups excluding carboxylic acids is 1. The van der Waals surface area contributed by atoms with Crippen molar-refractivity contribution in [2.45, 2.75) is 46.6 Å². The van der Waals surface area contributed by atoms with E-state index in [9.17, 15) is 4.79 Å². The summed E-state index contributed by atoms with van der Waals surface area (Å²) in [4.78, 5) is 11.6. The third-order valence-corrected chi connectivity index (χ3v) is 3.45. The largest absolute Gasteiger partial charge is 0.462 e. The van der Waals surface area contributed by atoms with E-state index in [2.05, 4.69) is 26.1 Å². The van der Waals surface area contributed by atoms with Crippen molar-refractivity contribution < 1.29 is 9.53 Å². The SMILES string of the molecule is CCCOC(=O)c1ccc(NC(C)C(C)CC)cc1. The van der Waals surface area contributed by atoms with E-state index >= 15 is 0 Å². The van der Waals surface area contributed by atoms with E-state index < -0.39 is 0 Å². The molecule has 19 heavy (non-hydrogen) atoms. The Balaban J connectivity index is 2.58. The number of hydrogen-bond donors (Lipinski definition) is 1. The number of esters is 1. The fourth-order valence-electron chi connectivity index (χ4n) is 1.74. The normalized spacial score (nSPS) is 13.7. The van der Waals surface area contributed by atoms with E-state index in [1.165, 1.54) is 0 Å². The Kier molecular flexibility index (Phi) is 6.40. The second-order valence-electron chi connectivity index (χ2n) is 5.03. The van der Waals surface area contributed by atoms with Crippen LogP contribution in [0.1, 0.15) is 50.9 Å². The van der Waals surface area contributed by atoms with Crippen molar-refractivity contribution in [1.29, 1.82) is 0 Å². The minimum atomic E-state index is -0.247. The third-order valence-electron chi connectivity index (χ3n) is 3.45. The molecule has 3 heteroatoms. The lowest BCUT2D eigenvalue weighted by atomic mass is 10.0. The summed E-state index contributed by atoms with van der Waals surface area (Å²) in [6.45, 7) is 9.06. The summed E-state index contributed by atoms with van der Waals surface area (Å²) in [5.41, 5.74) is 1.65. The van der Waals surface area contributed by atoms with E-state index in [1.807, 2.05) is 31.2 Å². The van der Waals surface area contributed by atoms with Crippen molar-refractivity contribution in [1.82, 2.24) is 0 Å². The van der Waals surface area contributed by atoms with E-state index in [1.54, 1.807) is 0 Å². The Bertz CT molecular complexity index is 386. The highest BCUT2D eigenvalue weighted by molar-refractivity contribution is 5.89. The topological polar surface area (TPSA) is 38.3 Å². The summed E-state index contributed by atoms with van der Waals surface area (Å²) in [5.74, 6) is 0.373. The molecule has 1 rings (SSSR count). The first-order valence-electron chi connectivity index (χ1n) is 7.12. The molecule has 106 valence electrons. The summed E-state index contributed by atoms with van der Waals surface area (Å²) in [5, 5.41) is 3.45. The van der Waals surface area contributed by atoms with Gasteiger partial charge in [0.15, 0.2) is 0 Å². The Morgan fingerprint density at radius 2 is 1.84 bits per heavy atom. The summed E-state index contributed by atoms with van der Waals surface area (Å²) in [6.07, 6.45) is 1.99. The molecule has 2 unspecified atom stereocenters. The van der Waals surface area contributed by atoms with Crippen molar-refractivity contribution in [3.05, 3.63) is 29.8 Å². The average Bonchev–Trinajstić information content (AvgIpc) is 2.44. The average molecular weight is 263 g/mol. The van der Waals surface area contributed by atoms with Crippen LogP contribution in [0.2, 0.25) is 0 Å². The van der Waals surface area contributed by atoms with Crippen molar-refractivity contribution in [2.75, 3.05) is 11.9 Å². The van der Waals surface area contributed by atoms with Crippen LogP contribution >= 0.6 is 0 Å². The maximum atomic E-state index is 11.6. The molecule has 0 aliphatic rings. The van der Waals surface area contributed by atoms with Crippen LogP contribution in [0.25, 0.3) is 0 Å². The van der Waals surface area contributed by atoms with Gasteiger partial charge in [-0.15, -0.1) is 0 Å². The Hall–Kier alpha value is -1.51. The number of hydrogen-bond acceptors (Lipinski definition) is 3. The second kappa shape index (κ2) is 7.82. The van der Waals surface area contributed by atoms with Crippen LogP contribution in [0.15, 0.2) is 24.3 Å². The van der Waals surface area contributed by atoms with Crippen molar-refractivity contribution in [3.63, 3.8) is 0 Å². The highest BCUT2D eigenvalue weighted by atomic mass is 16.5. The van der Waals surface area contributed by atoms with Crippen LogP contribution in [0.4, 0.5) is 5.69 Å². The monoisotopic (exact) mass is 263 g/mol. The lowest BCUT2D eigenvalue weighted by molar-refractivity contribution is 0.0505. The molecule has 0 saturated carbocycles. The van der Waals surface area contributed by atoms with Gasteiger partial charge in [-0.2, -0.15) is 0 Å². The Morgan fingerprint density at radius 3 is 2.37 bits per heavy atom. The smallest absolute Gasteiger partial charge is 0.338 e. The van der Waals surface area contributed by atoms with Gasteiger partial charge in [-0.3, -0.25) is 0 Å². The summed E-state index contributed by atoms with van der Waals surface area (Å²) in [6, 6.07) is 7.90. The molecule has 0 fully saturated rings. The van der Waals surface area contributed by atoms with E-state index in [-0.39, 0.29) is 5.97 Å². The highest BCUT2D eigenvalue weighted by Gasteiger charge is 2.10. The molecule has 2 atom stereocenters. The number of nitrogens with one attached hydrogen (secondary N) is 1. The number of benzene rings is 1. The van der Waals surface area contributed by atoms with Gasteiger partial charge >= 0.3 is 5.97 Å². The van der Waals surface area contributed by atoms with E-state index in [0.29, 0.717) is 24.1 Å². The quantitative estimate of drug-likeness (QED) is 0.753. The van der Waals surface area contributed by atoms with Crippen LogP contribution in [0, 0.1) is 5.92 Å². The summed E-state index contributed by atoms with van der Waals surface area (Å²) < 4.78 is 5.09. The van der Waals surface area contributed by atoms with Gasteiger partial charge in [0, 0.05) is 11.7 Å². The number of anilines is 1. The van der Waals surface area contributed by atoms with Crippen LogP contribution in [0.3, 0.4) is 0 Å². The number of ether oxygens (including phenoxy) is 1. The van der Waals surface area contributed by atoms with Gasteiger partial charge in [-0.25, -0.2) is 4.79 Å². The fourth-order valence-corrected chi connectivity index (χ4v) is 1.74. The van der Waals surface area contributed by atoms with E-state index in [0.717, 1.165) is 18.5 Å². The molecule has 0 saturated heterocycles. The number of rotatable bonds is 7. The first-order chi connectivity index (χ1) is 9.08. The molecule has 0 aliphatic heterocycles. The van der Waals surface area contributed by atoms with Gasteiger partial charge in [0.25, 0.3) is 0 Å². The summed E-state index contributed by atoms with van der Waals surface area (Å²) >= 11 is 0. The molecule has 1 N–H and O–H groups in total. The standard InChI is InChI=1S/C16H25NO2/c1-5-11-19-16(18)14-7-9-15(10-8-14)17-13(4)12(3)6-2/h7-10,12-13,17H,5-6,11H2,1-4H3. The first-order valence-corrected chi connectivity index (χ1v) is 7.12. The molecule has 0 aromatic heterocycles. The summed E-state index contributed by atoms with van der Waals surface area (Å²) in [7, 11) is 0. The Labute approximate surface area is 116 Å². The lowest BCUT2D eigenvalue weighted by Gasteiger charge is -2.21. The highest BCUT2D eigenvalue weighted by Crippen LogP contribution is 2.16. The van der Waals surface area contributed by atoms with Crippen LogP contribution in [-0.2, 0) is 4.74 Å². The molecule has 0 bridgehead atoms. The van der Waals surface area contributed by atoms with Crippen molar-refractivity contribution >= 4 is 11.7 Å². The minimum Gasteiger partial charge on any atom is -0.462 e. The van der Waals surface area contributed by atoms with Gasteiger partial charge in [0.1, 0.15) is 0 Å². The molecule has 0 heterocycles. The van der Waals surface area contributed by atoms with Crippen molar-refractivity contribution in [3.8, 4) is 0 Å². The zero-order valence-corrected chi connectivity index (χ0v) is 12.4. The van der Waals surface area contributed by atoms with Crippen molar-refractivity contribution in [2.24, 2.45) is 5.92 Å². The molecule has 0 amide bonds. The predicted molar refractivity (Wildman–Crippen MR) is 79.6 cm³/mol. The third kappa shape index (κ3) is 4.93. The van der Waals surface area contributed by atoms with Gasteiger partial charge in [-0.05, 0) is 43.5 Å². The van der Waals surface area contributed by atoms with Crippen LogP contribution in [0.5, 0.6) is 0 Å². The molecule has 1 aromatic carbocycles. The van der Waals surface area contributed by atoms with E-state index in [4.69, 9.17) is 4.74 Å². The molecule has 3 nitrogen and oxygen atoms in total. The van der Waals surface area contributed by atoms with Crippen LogP contribution in [-0.4, -0.2) is 18.6 Å². The van der Waals surface area contributed by atoms with Crippen LogP contribution < -0.4 is 5.32 Å². The zero-order chi connectivity index (χ0) is 14.3. The first kappa shape index (κ1) is 15.5. The molecule has 0 aliphatic carbocycles. The van der Waals surface area contributed by atoms with Gasteiger partial charge in [0.05, 0.1) is 12.2 Å².